The van der Waals surface area contributed by atoms with Crippen LogP contribution in [-0.4, -0.2) is 30.7 Å². The first-order valence-corrected chi connectivity index (χ1v) is 15.4. The maximum atomic E-state index is 2.30. The molecule has 0 aromatic heterocycles. The van der Waals surface area contributed by atoms with Crippen molar-refractivity contribution in [1.82, 2.24) is 0 Å². The summed E-state index contributed by atoms with van der Waals surface area (Å²) in [6, 6.07) is 4.20. The minimum Gasteiger partial charge on any atom is -0.0654 e. The predicted molar refractivity (Wildman–Crippen MR) is 140 cm³/mol. The molecule has 171 valence electrons. The molecule has 0 heterocycles. The fraction of sp³-hybridized carbons (Fsp3) is 1.00. The largest absolute Gasteiger partial charge is 0.0654 e. The second-order valence-electron chi connectivity index (χ2n) is 8.12. The molecule has 0 N–H and O–H groups in total. The van der Waals surface area contributed by atoms with Crippen molar-refractivity contribution in [1.29, 1.82) is 0 Å². The average Bonchev–Trinajstić information content (AvgIpc) is 2.71. The van der Waals surface area contributed by atoms with E-state index in [4.69, 9.17) is 0 Å². The number of hydrogen-bond acceptors (Lipinski definition) is 0. The summed E-state index contributed by atoms with van der Waals surface area (Å²) in [6.45, 7) is 13.7. The zero-order chi connectivity index (χ0) is 21.3. The first-order valence-electron chi connectivity index (χ1n) is 12.4. The van der Waals surface area contributed by atoms with E-state index in [1.54, 1.807) is 0 Å². The first-order chi connectivity index (χ1) is 13.0. The third kappa shape index (κ3) is 29.4. The molecule has 0 fully saturated rings. The van der Waals surface area contributed by atoms with Crippen molar-refractivity contribution in [2.24, 2.45) is 17.8 Å². The molecule has 0 aromatic rings. The Morgan fingerprint density at radius 2 is 0.679 bits per heavy atom. The molecule has 0 aliphatic carbocycles. The van der Waals surface area contributed by atoms with Crippen molar-refractivity contribution in [2.45, 2.75) is 137 Å². The molecule has 0 saturated heterocycles. The van der Waals surface area contributed by atoms with E-state index in [1.165, 1.54) is 95.2 Å². The molecule has 28 heavy (non-hydrogen) atoms. The van der Waals surface area contributed by atoms with Crippen LogP contribution in [0.2, 0.25) is 18.1 Å². The Morgan fingerprint density at radius 3 is 0.786 bits per heavy atom. The van der Waals surface area contributed by atoms with E-state index in [0.29, 0.717) is 0 Å². The van der Waals surface area contributed by atoms with E-state index in [9.17, 15) is 0 Å². The molecule has 0 aromatic carbocycles. The van der Waals surface area contributed by atoms with Gasteiger partial charge >= 0.3 is 0 Å². The normalized spacial score (nSPS) is 13.2. The molecule has 0 saturated carbocycles. The molecule has 0 rings (SSSR count). The molecular weight excluding hydrogens is 425 g/mol. The topological polar surface area (TPSA) is 0 Å². The fourth-order valence-corrected chi connectivity index (χ4v) is 5.23. The minimum absolute atomic E-state index is 0. The SMILES string of the molecule is CCCCC(CC)C[SiH2].CCCCC(CC)C[SiH2].CCCCC(CC)C[SiH2].[Cr]. The second-order valence-corrected chi connectivity index (χ2v) is 9.85. The molecule has 3 radical (unpaired) electrons. The molecule has 0 nitrogen and oxygen atoms in total. The third-order valence-corrected chi connectivity index (χ3v) is 8.30. The van der Waals surface area contributed by atoms with E-state index >= 15 is 0 Å². The van der Waals surface area contributed by atoms with Crippen molar-refractivity contribution < 1.29 is 17.4 Å². The standard InChI is InChI=1S/3C8H19Si.Cr/c3*1-3-5-6-8(4-2)7-9;/h3*8H,3-7,9H2,1-2H3;. The summed E-state index contributed by atoms with van der Waals surface area (Å²) in [7, 11) is 6.35. The Labute approximate surface area is 202 Å². The van der Waals surface area contributed by atoms with Gasteiger partial charge in [0.05, 0.1) is 0 Å². The van der Waals surface area contributed by atoms with Gasteiger partial charge in [-0.05, 0) is 17.8 Å². The summed E-state index contributed by atoms with van der Waals surface area (Å²) in [5.74, 6) is 3.05. The first kappa shape index (κ1) is 36.6. The van der Waals surface area contributed by atoms with Crippen molar-refractivity contribution in [2.75, 3.05) is 0 Å². The molecule has 4 heteroatoms. The molecule has 0 amide bonds. The number of hydrogen-bond donors (Lipinski definition) is 0. The van der Waals surface area contributed by atoms with Crippen LogP contribution in [0.15, 0.2) is 0 Å². The molecule has 0 aliphatic rings. The van der Waals surface area contributed by atoms with Gasteiger partial charge in [-0.1, -0.05) is 137 Å². The van der Waals surface area contributed by atoms with Crippen molar-refractivity contribution in [3.05, 3.63) is 0 Å². The van der Waals surface area contributed by atoms with Crippen LogP contribution in [0.25, 0.3) is 0 Å². The van der Waals surface area contributed by atoms with E-state index in [-0.39, 0.29) is 17.4 Å². The van der Waals surface area contributed by atoms with Gasteiger partial charge in [-0.2, -0.15) is 0 Å². The van der Waals surface area contributed by atoms with Crippen LogP contribution in [0.4, 0.5) is 0 Å². The minimum atomic E-state index is 0. The smallest absolute Gasteiger partial charge is 0.00833 e. The summed E-state index contributed by atoms with van der Waals surface area (Å²) < 4.78 is 0. The van der Waals surface area contributed by atoms with Gasteiger partial charge < -0.3 is 0 Å². The summed E-state index contributed by atoms with van der Waals surface area (Å²) >= 11 is 0. The van der Waals surface area contributed by atoms with Crippen LogP contribution < -0.4 is 0 Å². The monoisotopic (exact) mass is 481 g/mol. The molecule has 0 aliphatic heterocycles. The van der Waals surface area contributed by atoms with Gasteiger partial charge in [0.1, 0.15) is 0 Å². The van der Waals surface area contributed by atoms with Gasteiger partial charge in [0.15, 0.2) is 0 Å². The molecule has 0 bridgehead atoms. The van der Waals surface area contributed by atoms with E-state index in [2.05, 4.69) is 72.3 Å². The Hall–Kier alpha value is 1.18. The van der Waals surface area contributed by atoms with Crippen molar-refractivity contribution in [3.8, 4) is 0 Å². The van der Waals surface area contributed by atoms with E-state index in [0.717, 1.165) is 17.8 Å². The van der Waals surface area contributed by atoms with Gasteiger partial charge in [-0.3, -0.25) is 0 Å². The quantitative estimate of drug-likeness (QED) is 0.227. The second kappa shape index (κ2) is 32.8. The van der Waals surface area contributed by atoms with Crippen LogP contribution >= 0.6 is 0 Å². The van der Waals surface area contributed by atoms with Crippen molar-refractivity contribution >= 4 is 30.7 Å². The van der Waals surface area contributed by atoms with Crippen molar-refractivity contribution in [3.63, 3.8) is 0 Å². The molecule has 3 unspecified atom stereocenters. The molecule has 3 atom stereocenters. The summed E-state index contributed by atoms with van der Waals surface area (Å²) in [5.41, 5.74) is 0. The summed E-state index contributed by atoms with van der Waals surface area (Å²) in [6.07, 6.45) is 16.9. The summed E-state index contributed by atoms with van der Waals surface area (Å²) in [4.78, 5) is 0. The maximum absolute atomic E-state index is 2.30. The fourth-order valence-electron chi connectivity index (χ4n) is 3.14. The van der Waals surface area contributed by atoms with Gasteiger partial charge in [-0.25, -0.2) is 0 Å². The van der Waals surface area contributed by atoms with E-state index in [1.807, 2.05) is 0 Å². The predicted octanol–water partition coefficient (Wildman–Crippen LogP) is 6.76. The molecule has 0 spiro atoms. The van der Waals surface area contributed by atoms with Crippen LogP contribution in [0, 0.1) is 17.8 Å². The Morgan fingerprint density at radius 1 is 0.464 bits per heavy atom. The van der Waals surface area contributed by atoms with Gasteiger partial charge in [0.2, 0.25) is 0 Å². The zero-order valence-electron chi connectivity index (χ0n) is 20.9. The Bertz CT molecular complexity index is 190. The van der Waals surface area contributed by atoms with E-state index < -0.39 is 0 Å². The Kier molecular flexibility index (Phi) is 42.9. The van der Waals surface area contributed by atoms with Crippen LogP contribution in [-0.2, 0) is 17.4 Å². The number of unbranched alkanes of at least 4 members (excludes halogenated alkanes) is 3. The zero-order valence-corrected chi connectivity index (χ0v) is 26.4. The van der Waals surface area contributed by atoms with Crippen LogP contribution in [0.3, 0.4) is 0 Å². The van der Waals surface area contributed by atoms with Crippen LogP contribution in [0.5, 0.6) is 0 Å². The van der Waals surface area contributed by atoms with Gasteiger partial charge in [-0.15, -0.1) is 0 Å². The van der Waals surface area contributed by atoms with Crippen LogP contribution in [0.1, 0.15) is 119 Å². The van der Waals surface area contributed by atoms with Gasteiger partial charge in [0, 0.05) is 48.1 Å². The third-order valence-electron chi connectivity index (χ3n) is 5.85. The number of rotatable bonds is 15. The molecular formula is C24H57CrSi3. The maximum Gasteiger partial charge on any atom is 0.00833 e. The van der Waals surface area contributed by atoms with Gasteiger partial charge in [0.25, 0.3) is 0 Å². The average molecular weight is 482 g/mol. The Balaban J connectivity index is -0.000000152. The summed E-state index contributed by atoms with van der Waals surface area (Å²) in [5, 5.41) is 0.